The normalized spacial score (nSPS) is 12.0. The molecule has 1 atom stereocenters. The summed E-state index contributed by atoms with van der Waals surface area (Å²) >= 11 is 0. The summed E-state index contributed by atoms with van der Waals surface area (Å²) in [7, 11) is 3.09. The number of carbonyl (C=O) groups excluding carboxylic acids is 1. The first-order valence-electron chi connectivity index (χ1n) is 8.61. The first kappa shape index (κ1) is 19.2. The zero-order chi connectivity index (χ0) is 19.9. The van der Waals surface area contributed by atoms with E-state index in [1.165, 1.54) is 13.2 Å². The Balaban J connectivity index is 1.67. The highest BCUT2D eigenvalue weighted by atomic mass is 16.6. The van der Waals surface area contributed by atoms with Gasteiger partial charge in [-0.15, -0.1) is 10.2 Å². The second kappa shape index (κ2) is 8.85. The molecule has 0 N–H and O–H groups in total. The maximum Gasteiger partial charge on any atom is 0.331 e. The zero-order valence-electron chi connectivity index (χ0n) is 15.8. The van der Waals surface area contributed by atoms with Crippen LogP contribution in [0, 0.1) is 0 Å². The van der Waals surface area contributed by atoms with Gasteiger partial charge in [-0.05, 0) is 31.2 Å². The lowest BCUT2D eigenvalue weighted by Gasteiger charge is -2.10. The van der Waals surface area contributed by atoms with E-state index in [1.807, 2.05) is 30.3 Å². The number of rotatable bonds is 7. The number of benzene rings is 2. The van der Waals surface area contributed by atoms with Gasteiger partial charge in [0.15, 0.2) is 17.6 Å². The van der Waals surface area contributed by atoms with E-state index in [0.29, 0.717) is 23.0 Å². The van der Waals surface area contributed by atoms with Gasteiger partial charge in [0.2, 0.25) is 5.89 Å². The van der Waals surface area contributed by atoms with Crippen LogP contribution in [0.1, 0.15) is 24.5 Å². The van der Waals surface area contributed by atoms with Crippen molar-refractivity contribution in [3.8, 4) is 23.0 Å². The third kappa shape index (κ3) is 4.37. The molecule has 0 aliphatic carbocycles. The summed E-state index contributed by atoms with van der Waals surface area (Å²) in [6.45, 7) is 1.67. The molecule has 0 amide bonds. The molecule has 0 unspecified atom stereocenters. The maximum atomic E-state index is 12.2. The van der Waals surface area contributed by atoms with Gasteiger partial charge >= 0.3 is 5.97 Å². The molecular formula is C21H20N2O5. The van der Waals surface area contributed by atoms with Crippen molar-refractivity contribution in [2.45, 2.75) is 13.0 Å². The van der Waals surface area contributed by atoms with Crippen LogP contribution in [0.3, 0.4) is 0 Å². The maximum absolute atomic E-state index is 12.2. The lowest BCUT2D eigenvalue weighted by atomic mass is 10.1. The first-order chi connectivity index (χ1) is 13.6. The Labute approximate surface area is 162 Å². The molecule has 0 aliphatic heterocycles. The molecule has 0 aliphatic rings. The fourth-order valence-electron chi connectivity index (χ4n) is 2.56. The lowest BCUT2D eigenvalue weighted by Crippen LogP contribution is -2.06. The van der Waals surface area contributed by atoms with E-state index in [-0.39, 0.29) is 5.89 Å². The Hall–Kier alpha value is -3.61. The Morgan fingerprint density at radius 2 is 1.82 bits per heavy atom. The summed E-state index contributed by atoms with van der Waals surface area (Å²) in [4.78, 5) is 12.2. The number of methoxy groups -OCH3 is 2. The first-order valence-corrected chi connectivity index (χ1v) is 8.61. The number of ether oxygens (including phenoxy) is 3. The highest BCUT2D eigenvalue weighted by Gasteiger charge is 2.18. The van der Waals surface area contributed by atoms with Crippen molar-refractivity contribution in [2.75, 3.05) is 14.2 Å². The molecule has 0 bridgehead atoms. The number of esters is 1. The molecule has 0 saturated carbocycles. The van der Waals surface area contributed by atoms with Crippen LogP contribution in [0.25, 0.3) is 17.5 Å². The van der Waals surface area contributed by atoms with Gasteiger partial charge in [-0.2, -0.15) is 0 Å². The van der Waals surface area contributed by atoms with Gasteiger partial charge in [0.1, 0.15) is 0 Å². The molecule has 1 aromatic heterocycles. The second-order valence-electron chi connectivity index (χ2n) is 5.81. The van der Waals surface area contributed by atoms with E-state index in [9.17, 15) is 4.79 Å². The standard InChI is InChI=1S/C21H20N2O5/c1-14(20-22-23-21(28-20)16-8-5-4-6-9-16)27-18(24)13-12-15-10-7-11-17(25-2)19(15)26-3/h4-14H,1-3H3/b13-12+/t14-/m1/s1. The van der Waals surface area contributed by atoms with E-state index in [2.05, 4.69) is 10.2 Å². The number of para-hydroxylation sites is 1. The highest BCUT2D eigenvalue weighted by Crippen LogP contribution is 2.31. The summed E-state index contributed by atoms with van der Waals surface area (Å²) in [6.07, 6.45) is 2.22. The number of carbonyl (C=O) groups is 1. The van der Waals surface area contributed by atoms with Gasteiger partial charge in [0.05, 0.1) is 14.2 Å². The average molecular weight is 380 g/mol. The quantitative estimate of drug-likeness (QED) is 0.451. The van der Waals surface area contributed by atoms with Crippen molar-refractivity contribution < 1.29 is 23.4 Å². The average Bonchev–Trinajstić information content (AvgIpc) is 3.23. The smallest absolute Gasteiger partial charge is 0.331 e. The van der Waals surface area contributed by atoms with Gasteiger partial charge in [-0.25, -0.2) is 4.79 Å². The van der Waals surface area contributed by atoms with Crippen molar-refractivity contribution in [1.82, 2.24) is 10.2 Å². The Kier molecular flexibility index (Phi) is 6.06. The molecule has 2 aromatic carbocycles. The van der Waals surface area contributed by atoms with Crippen LogP contribution in [0.2, 0.25) is 0 Å². The Bertz CT molecular complexity index is 966. The van der Waals surface area contributed by atoms with Crippen molar-refractivity contribution in [3.05, 3.63) is 66.1 Å². The minimum absolute atomic E-state index is 0.222. The zero-order valence-corrected chi connectivity index (χ0v) is 15.8. The molecule has 0 spiro atoms. The SMILES string of the molecule is COc1cccc(/C=C/C(=O)O[C@H](C)c2nnc(-c3ccccc3)o2)c1OC. The molecule has 7 heteroatoms. The van der Waals surface area contributed by atoms with Crippen molar-refractivity contribution in [1.29, 1.82) is 0 Å². The summed E-state index contributed by atoms with van der Waals surface area (Å²) in [5.41, 5.74) is 1.49. The number of aromatic nitrogens is 2. The molecule has 3 rings (SSSR count). The molecule has 3 aromatic rings. The van der Waals surface area contributed by atoms with Crippen LogP contribution in [-0.2, 0) is 9.53 Å². The molecule has 1 heterocycles. The van der Waals surface area contributed by atoms with Gasteiger partial charge < -0.3 is 18.6 Å². The Morgan fingerprint density at radius 1 is 1.04 bits per heavy atom. The van der Waals surface area contributed by atoms with Crippen LogP contribution in [0.5, 0.6) is 11.5 Å². The highest BCUT2D eigenvalue weighted by molar-refractivity contribution is 5.88. The van der Waals surface area contributed by atoms with Gasteiger partial charge in [0.25, 0.3) is 5.89 Å². The van der Waals surface area contributed by atoms with Gasteiger partial charge in [-0.1, -0.05) is 30.3 Å². The van der Waals surface area contributed by atoms with Crippen molar-refractivity contribution >= 4 is 12.0 Å². The monoisotopic (exact) mass is 380 g/mol. The summed E-state index contributed by atoms with van der Waals surface area (Å²) in [5, 5.41) is 7.95. The predicted molar refractivity (Wildman–Crippen MR) is 103 cm³/mol. The van der Waals surface area contributed by atoms with Gasteiger partial charge in [-0.3, -0.25) is 0 Å². The minimum Gasteiger partial charge on any atom is -0.493 e. The number of hydrogen-bond acceptors (Lipinski definition) is 7. The van der Waals surface area contributed by atoms with Crippen molar-refractivity contribution in [3.63, 3.8) is 0 Å². The summed E-state index contributed by atoms with van der Waals surface area (Å²) in [6, 6.07) is 14.7. The van der Waals surface area contributed by atoms with E-state index >= 15 is 0 Å². The Morgan fingerprint density at radius 3 is 2.54 bits per heavy atom. The molecule has 144 valence electrons. The molecule has 0 saturated heterocycles. The fourth-order valence-corrected chi connectivity index (χ4v) is 2.56. The van der Waals surface area contributed by atoms with E-state index in [0.717, 1.165) is 5.56 Å². The lowest BCUT2D eigenvalue weighted by molar-refractivity contribution is -0.143. The van der Waals surface area contributed by atoms with Crippen LogP contribution in [0.4, 0.5) is 0 Å². The molecule has 7 nitrogen and oxygen atoms in total. The van der Waals surface area contributed by atoms with Crippen LogP contribution in [-0.4, -0.2) is 30.4 Å². The molecule has 0 radical (unpaired) electrons. The van der Waals surface area contributed by atoms with E-state index in [4.69, 9.17) is 18.6 Å². The fraction of sp³-hybridized carbons (Fsp3) is 0.190. The second-order valence-corrected chi connectivity index (χ2v) is 5.81. The van der Waals surface area contributed by atoms with E-state index in [1.54, 1.807) is 38.3 Å². The van der Waals surface area contributed by atoms with Gasteiger partial charge in [0, 0.05) is 17.2 Å². The van der Waals surface area contributed by atoms with E-state index < -0.39 is 12.1 Å². The van der Waals surface area contributed by atoms with Crippen LogP contribution >= 0.6 is 0 Å². The summed E-state index contributed by atoms with van der Waals surface area (Å²) in [5.74, 6) is 1.16. The van der Waals surface area contributed by atoms with Crippen LogP contribution < -0.4 is 9.47 Å². The molecule has 0 fully saturated rings. The topological polar surface area (TPSA) is 83.7 Å². The largest absolute Gasteiger partial charge is 0.493 e. The number of nitrogens with zero attached hydrogens (tertiary/aromatic N) is 2. The third-order valence-corrected chi connectivity index (χ3v) is 3.93. The number of hydrogen-bond donors (Lipinski definition) is 0. The van der Waals surface area contributed by atoms with Crippen molar-refractivity contribution in [2.24, 2.45) is 0 Å². The van der Waals surface area contributed by atoms with Crippen LogP contribution in [0.15, 0.2) is 59.0 Å². The predicted octanol–water partition coefficient (Wildman–Crippen LogP) is 4.07. The minimum atomic E-state index is -0.686. The molecule has 28 heavy (non-hydrogen) atoms. The summed E-state index contributed by atoms with van der Waals surface area (Å²) < 4.78 is 21.5. The third-order valence-electron chi connectivity index (χ3n) is 3.93. The molecular weight excluding hydrogens is 360 g/mol.